The van der Waals surface area contributed by atoms with Crippen LogP contribution in [0.3, 0.4) is 0 Å². The highest BCUT2D eigenvalue weighted by molar-refractivity contribution is 5.28. The normalized spacial score (nSPS) is 22.0. The van der Waals surface area contributed by atoms with Crippen molar-refractivity contribution >= 4 is 0 Å². The Morgan fingerprint density at radius 2 is 2.33 bits per heavy atom. The highest BCUT2D eigenvalue weighted by Crippen LogP contribution is 2.31. The molecule has 0 aromatic heterocycles. The summed E-state index contributed by atoms with van der Waals surface area (Å²) in [4.78, 5) is 0. The Labute approximate surface area is 57.0 Å². The largest absolute Gasteiger partial charge is 0.107 e. The molecule has 0 bridgehead atoms. The summed E-state index contributed by atoms with van der Waals surface area (Å²) >= 11 is 0. The maximum atomic E-state index is 3.05. The lowest BCUT2D eigenvalue weighted by Gasteiger charge is -1.85. The van der Waals surface area contributed by atoms with Gasteiger partial charge in [-0.1, -0.05) is 18.6 Å². The summed E-state index contributed by atoms with van der Waals surface area (Å²) in [7, 11) is 0. The summed E-state index contributed by atoms with van der Waals surface area (Å²) in [6, 6.07) is 0. The van der Waals surface area contributed by atoms with Gasteiger partial charge in [0.2, 0.25) is 0 Å². The predicted octanol–water partition coefficient (Wildman–Crippen LogP) is 2.37. The average molecular weight is 120 g/mol. The van der Waals surface area contributed by atoms with Crippen LogP contribution in [0.5, 0.6) is 0 Å². The Morgan fingerprint density at radius 1 is 1.67 bits per heavy atom. The Bertz CT molecular complexity index is 176. The van der Waals surface area contributed by atoms with Crippen molar-refractivity contribution in [1.29, 1.82) is 0 Å². The third-order valence-electron chi connectivity index (χ3n) is 1.66. The zero-order valence-corrected chi connectivity index (χ0v) is 6.07. The molecule has 0 heteroatoms. The quantitative estimate of drug-likeness (QED) is 0.387. The fourth-order valence-electron chi connectivity index (χ4n) is 0.916. The van der Waals surface area contributed by atoms with Crippen LogP contribution in [0.25, 0.3) is 0 Å². The topological polar surface area (TPSA) is 0 Å². The highest BCUT2D eigenvalue weighted by Gasteiger charge is 2.16. The van der Waals surface area contributed by atoms with E-state index in [0.29, 0.717) is 0 Å². The van der Waals surface area contributed by atoms with E-state index in [4.69, 9.17) is 0 Å². The maximum Gasteiger partial charge on any atom is 0.0126 e. The molecule has 48 valence electrons. The SMILES string of the molecule is CC#CCCC1=CC1C. The Hall–Kier alpha value is -0.700. The van der Waals surface area contributed by atoms with Gasteiger partial charge in [-0.2, -0.15) is 0 Å². The molecule has 1 aliphatic carbocycles. The third-order valence-corrected chi connectivity index (χ3v) is 1.66. The van der Waals surface area contributed by atoms with E-state index < -0.39 is 0 Å². The fraction of sp³-hybridized carbons (Fsp3) is 0.556. The molecule has 1 rings (SSSR count). The summed E-state index contributed by atoms with van der Waals surface area (Å²) in [6.07, 6.45) is 4.55. The Kier molecular flexibility index (Phi) is 1.95. The van der Waals surface area contributed by atoms with Crippen molar-refractivity contribution in [2.45, 2.75) is 26.7 Å². The highest BCUT2D eigenvalue weighted by atomic mass is 14.2. The first-order chi connectivity index (χ1) is 4.34. The van der Waals surface area contributed by atoms with Gasteiger partial charge >= 0.3 is 0 Å². The second kappa shape index (κ2) is 2.73. The van der Waals surface area contributed by atoms with Gasteiger partial charge in [0.1, 0.15) is 0 Å². The second-order valence-electron chi connectivity index (χ2n) is 2.46. The first-order valence-corrected chi connectivity index (χ1v) is 3.45. The van der Waals surface area contributed by atoms with Crippen molar-refractivity contribution in [3.8, 4) is 11.8 Å². The number of rotatable bonds is 2. The molecule has 0 saturated heterocycles. The molecule has 1 atom stereocenters. The van der Waals surface area contributed by atoms with E-state index in [-0.39, 0.29) is 0 Å². The minimum absolute atomic E-state index is 0.795. The molecule has 0 spiro atoms. The molecule has 1 aliphatic rings. The lowest BCUT2D eigenvalue weighted by Crippen LogP contribution is -1.71. The second-order valence-corrected chi connectivity index (χ2v) is 2.46. The van der Waals surface area contributed by atoms with E-state index >= 15 is 0 Å². The van der Waals surface area contributed by atoms with E-state index in [1.54, 1.807) is 5.57 Å². The van der Waals surface area contributed by atoms with Crippen LogP contribution in [0.4, 0.5) is 0 Å². The van der Waals surface area contributed by atoms with Crippen LogP contribution in [0.1, 0.15) is 26.7 Å². The molecular formula is C9H12. The van der Waals surface area contributed by atoms with E-state index in [0.717, 1.165) is 12.3 Å². The molecule has 1 unspecified atom stereocenters. The molecule has 0 N–H and O–H groups in total. The van der Waals surface area contributed by atoms with Crippen molar-refractivity contribution in [3.63, 3.8) is 0 Å². The van der Waals surface area contributed by atoms with Crippen LogP contribution < -0.4 is 0 Å². The van der Waals surface area contributed by atoms with Gasteiger partial charge in [0.25, 0.3) is 0 Å². The van der Waals surface area contributed by atoms with Gasteiger partial charge < -0.3 is 0 Å². The lowest BCUT2D eigenvalue weighted by molar-refractivity contribution is 0.925. The van der Waals surface area contributed by atoms with Crippen LogP contribution >= 0.6 is 0 Å². The summed E-state index contributed by atoms with van der Waals surface area (Å²) < 4.78 is 0. The zero-order chi connectivity index (χ0) is 6.69. The van der Waals surface area contributed by atoms with Crippen LogP contribution in [0, 0.1) is 17.8 Å². The summed E-state index contributed by atoms with van der Waals surface area (Å²) in [5.74, 6) is 6.73. The van der Waals surface area contributed by atoms with Crippen LogP contribution in [-0.2, 0) is 0 Å². The summed E-state index contributed by atoms with van der Waals surface area (Å²) in [6.45, 7) is 4.12. The van der Waals surface area contributed by atoms with Crippen LogP contribution in [0.15, 0.2) is 11.6 Å². The summed E-state index contributed by atoms with van der Waals surface area (Å²) in [5, 5.41) is 0. The minimum atomic E-state index is 0.795. The number of hydrogen-bond acceptors (Lipinski definition) is 0. The van der Waals surface area contributed by atoms with E-state index in [2.05, 4.69) is 24.8 Å². The van der Waals surface area contributed by atoms with Gasteiger partial charge in [0.05, 0.1) is 0 Å². The first-order valence-electron chi connectivity index (χ1n) is 3.45. The Balaban J connectivity index is 2.05. The fourth-order valence-corrected chi connectivity index (χ4v) is 0.916. The zero-order valence-electron chi connectivity index (χ0n) is 6.07. The number of allylic oxidation sites excluding steroid dienone is 2. The first kappa shape index (κ1) is 6.42. The third kappa shape index (κ3) is 1.93. The molecular weight excluding hydrogens is 108 g/mol. The summed E-state index contributed by atoms with van der Waals surface area (Å²) in [5.41, 5.74) is 1.60. The van der Waals surface area contributed by atoms with Gasteiger partial charge in [-0.05, 0) is 19.3 Å². The van der Waals surface area contributed by atoms with Crippen molar-refractivity contribution in [1.82, 2.24) is 0 Å². The van der Waals surface area contributed by atoms with Crippen molar-refractivity contribution < 1.29 is 0 Å². The van der Waals surface area contributed by atoms with Gasteiger partial charge in [-0.3, -0.25) is 0 Å². The average Bonchev–Trinajstić information content (AvgIpc) is 2.48. The molecule has 9 heavy (non-hydrogen) atoms. The van der Waals surface area contributed by atoms with Gasteiger partial charge in [-0.15, -0.1) is 11.8 Å². The van der Waals surface area contributed by atoms with E-state index in [9.17, 15) is 0 Å². The molecule has 0 nitrogen and oxygen atoms in total. The van der Waals surface area contributed by atoms with Crippen LogP contribution in [0.2, 0.25) is 0 Å². The van der Waals surface area contributed by atoms with Gasteiger partial charge in [0, 0.05) is 6.42 Å². The standard InChI is InChI=1S/C9H12/c1-3-4-5-6-9-7-8(9)2/h7-8H,5-6H2,1-2H3. The monoisotopic (exact) mass is 120 g/mol. The van der Waals surface area contributed by atoms with Gasteiger partial charge in [-0.25, -0.2) is 0 Å². The van der Waals surface area contributed by atoms with E-state index in [1.165, 1.54) is 6.42 Å². The smallest absolute Gasteiger partial charge is 0.0126 e. The molecule has 0 aliphatic heterocycles. The molecule has 0 aromatic carbocycles. The van der Waals surface area contributed by atoms with E-state index in [1.807, 2.05) is 6.92 Å². The molecule has 0 fully saturated rings. The predicted molar refractivity (Wildman–Crippen MR) is 39.9 cm³/mol. The molecule has 0 amide bonds. The molecule has 0 heterocycles. The van der Waals surface area contributed by atoms with Crippen molar-refractivity contribution in [2.75, 3.05) is 0 Å². The van der Waals surface area contributed by atoms with Crippen molar-refractivity contribution in [3.05, 3.63) is 11.6 Å². The van der Waals surface area contributed by atoms with Crippen molar-refractivity contribution in [2.24, 2.45) is 5.92 Å². The number of hydrogen-bond donors (Lipinski definition) is 0. The molecule has 0 aromatic rings. The lowest BCUT2D eigenvalue weighted by atomic mass is 10.2. The van der Waals surface area contributed by atoms with Gasteiger partial charge in [0.15, 0.2) is 0 Å². The van der Waals surface area contributed by atoms with Crippen LogP contribution in [-0.4, -0.2) is 0 Å². The molecule has 0 saturated carbocycles. The Morgan fingerprint density at radius 3 is 2.78 bits per heavy atom. The maximum absolute atomic E-state index is 3.05. The molecule has 0 radical (unpaired) electrons. The minimum Gasteiger partial charge on any atom is -0.107 e.